The molecule has 2 saturated heterocycles. The Kier molecular flexibility index (Phi) is 5.29. The second-order valence-corrected chi connectivity index (χ2v) is 7.78. The van der Waals surface area contributed by atoms with Crippen LogP contribution in [-0.4, -0.2) is 53.9 Å². The van der Waals surface area contributed by atoms with Crippen LogP contribution in [-0.2, 0) is 9.47 Å². The van der Waals surface area contributed by atoms with Gasteiger partial charge in [-0.15, -0.1) is 0 Å². The Hall–Kier alpha value is -2.49. The van der Waals surface area contributed by atoms with E-state index in [4.69, 9.17) is 9.47 Å². The maximum Gasteiger partial charge on any atom is 0.325 e. The van der Waals surface area contributed by atoms with Gasteiger partial charge in [-0.05, 0) is 19.1 Å². The lowest BCUT2D eigenvalue weighted by Gasteiger charge is -2.37. The number of aryl methyl sites for hydroxylation is 1. The number of piperidine rings is 1. The third-order valence-electron chi connectivity index (χ3n) is 4.87. The average molecular weight is 402 g/mol. The minimum Gasteiger partial charge on any atom is -0.347 e. The van der Waals surface area contributed by atoms with Gasteiger partial charge in [0, 0.05) is 31.6 Å². The number of ether oxygens (including phenoxy) is 2. The molecule has 2 aromatic rings. The van der Waals surface area contributed by atoms with E-state index in [9.17, 15) is 9.59 Å². The molecule has 1 aromatic heterocycles. The number of thiazole rings is 1. The SMILES string of the molecule is Cc1nc(NC(=O)Nc2ccccc2)sc1C(=O)N1CCC2(CC1)OCCO2. The quantitative estimate of drug-likeness (QED) is 0.823. The van der Waals surface area contributed by atoms with Crippen LogP contribution in [0.2, 0.25) is 0 Å². The summed E-state index contributed by atoms with van der Waals surface area (Å²) in [4.78, 5) is 31.7. The van der Waals surface area contributed by atoms with Crippen LogP contribution in [0.4, 0.5) is 15.6 Å². The van der Waals surface area contributed by atoms with Crippen LogP contribution in [0.15, 0.2) is 30.3 Å². The van der Waals surface area contributed by atoms with E-state index < -0.39 is 11.8 Å². The Morgan fingerprint density at radius 1 is 1.11 bits per heavy atom. The summed E-state index contributed by atoms with van der Waals surface area (Å²) in [5.41, 5.74) is 1.29. The average Bonchev–Trinajstić information content (AvgIpc) is 3.29. The maximum absolute atomic E-state index is 12.9. The molecular weight excluding hydrogens is 380 g/mol. The van der Waals surface area contributed by atoms with Crippen LogP contribution in [0.3, 0.4) is 0 Å². The molecule has 3 amide bonds. The Balaban J connectivity index is 1.37. The molecule has 28 heavy (non-hydrogen) atoms. The van der Waals surface area contributed by atoms with Gasteiger partial charge in [0.1, 0.15) is 4.88 Å². The number of nitrogens with one attached hydrogen (secondary N) is 2. The van der Waals surface area contributed by atoms with Gasteiger partial charge >= 0.3 is 6.03 Å². The van der Waals surface area contributed by atoms with Gasteiger partial charge in [0.15, 0.2) is 10.9 Å². The first kappa shape index (κ1) is 18.9. The molecule has 0 radical (unpaired) electrons. The highest BCUT2D eigenvalue weighted by molar-refractivity contribution is 7.17. The number of rotatable bonds is 3. The summed E-state index contributed by atoms with van der Waals surface area (Å²) in [5.74, 6) is -0.582. The van der Waals surface area contributed by atoms with Crippen molar-refractivity contribution >= 4 is 34.1 Å². The van der Waals surface area contributed by atoms with Crippen LogP contribution < -0.4 is 10.6 Å². The first-order chi connectivity index (χ1) is 13.5. The van der Waals surface area contributed by atoms with Crippen molar-refractivity contribution in [2.45, 2.75) is 25.6 Å². The number of para-hydroxylation sites is 1. The first-order valence-electron chi connectivity index (χ1n) is 9.22. The van der Waals surface area contributed by atoms with Crippen molar-refractivity contribution < 1.29 is 19.1 Å². The minimum atomic E-state index is -0.512. The Bertz CT molecular complexity index is 854. The van der Waals surface area contributed by atoms with Gasteiger partial charge in [0.05, 0.1) is 18.9 Å². The van der Waals surface area contributed by atoms with Gasteiger partial charge < -0.3 is 19.7 Å². The molecule has 2 fully saturated rings. The van der Waals surface area contributed by atoms with Crippen molar-refractivity contribution in [3.05, 3.63) is 40.9 Å². The Morgan fingerprint density at radius 2 is 1.79 bits per heavy atom. The smallest absolute Gasteiger partial charge is 0.325 e. The summed E-state index contributed by atoms with van der Waals surface area (Å²) < 4.78 is 11.4. The number of anilines is 2. The summed E-state index contributed by atoms with van der Waals surface area (Å²) in [7, 11) is 0. The van der Waals surface area contributed by atoms with E-state index in [2.05, 4.69) is 15.6 Å². The highest BCUT2D eigenvalue weighted by Crippen LogP contribution is 2.33. The number of carbonyl (C=O) groups excluding carboxylic acids is 2. The molecule has 1 aromatic carbocycles. The summed E-state index contributed by atoms with van der Waals surface area (Å²) >= 11 is 1.19. The molecule has 2 N–H and O–H groups in total. The monoisotopic (exact) mass is 402 g/mol. The van der Waals surface area contributed by atoms with E-state index in [1.165, 1.54) is 11.3 Å². The number of amides is 3. The molecule has 2 aliphatic rings. The van der Waals surface area contributed by atoms with Crippen LogP contribution in [0, 0.1) is 6.92 Å². The van der Waals surface area contributed by atoms with E-state index in [0.717, 1.165) is 0 Å². The van der Waals surface area contributed by atoms with E-state index in [0.29, 0.717) is 60.5 Å². The fraction of sp³-hybridized carbons (Fsp3) is 0.421. The Morgan fingerprint density at radius 3 is 2.46 bits per heavy atom. The summed E-state index contributed by atoms with van der Waals surface area (Å²) in [5, 5.41) is 5.82. The normalized spacial score (nSPS) is 18.2. The highest BCUT2D eigenvalue weighted by Gasteiger charge is 2.41. The fourth-order valence-electron chi connectivity index (χ4n) is 3.41. The first-order valence-corrected chi connectivity index (χ1v) is 10.0. The van der Waals surface area contributed by atoms with E-state index in [1.807, 2.05) is 18.2 Å². The van der Waals surface area contributed by atoms with Crippen LogP contribution in [0.25, 0.3) is 0 Å². The number of carbonyl (C=O) groups is 2. The zero-order chi connectivity index (χ0) is 19.6. The second-order valence-electron chi connectivity index (χ2n) is 6.78. The lowest BCUT2D eigenvalue weighted by Crippen LogP contribution is -2.47. The van der Waals surface area contributed by atoms with Gasteiger partial charge in [-0.2, -0.15) is 0 Å². The third kappa shape index (κ3) is 4.01. The standard InChI is InChI=1S/C19H22N4O4S/c1-13-15(16(24)23-9-7-19(8-10-23)26-11-12-27-19)28-18(20-13)22-17(25)21-14-5-3-2-4-6-14/h2-6H,7-12H2,1H3,(H2,20,21,22,25). The number of urea groups is 1. The number of aromatic nitrogens is 1. The number of nitrogens with zero attached hydrogens (tertiary/aromatic N) is 2. The molecule has 0 saturated carbocycles. The van der Waals surface area contributed by atoms with Crippen molar-refractivity contribution in [3.63, 3.8) is 0 Å². The molecule has 1 spiro atoms. The molecule has 0 aliphatic carbocycles. The number of benzene rings is 1. The van der Waals surface area contributed by atoms with Crippen molar-refractivity contribution in [1.82, 2.24) is 9.88 Å². The molecule has 9 heteroatoms. The second kappa shape index (κ2) is 7.86. The minimum absolute atomic E-state index is 0.0700. The number of likely N-dealkylation sites (tertiary alicyclic amines) is 1. The molecule has 3 heterocycles. The predicted octanol–water partition coefficient (Wildman–Crippen LogP) is 3.07. The van der Waals surface area contributed by atoms with Crippen molar-refractivity contribution in [3.8, 4) is 0 Å². The molecular formula is C19H22N4O4S. The topological polar surface area (TPSA) is 92.8 Å². The Labute approximate surface area is 166 Å². The molecule has 0 unspecified atom stereocenters. The molecule has 2 aliphatic heterocycles. The van der Waals surface area contributed by atoms with Crippen LogP contribution in [0.5, 0.6) is 0 Å². The largest absolute Gasteiger partial charge is 0.347 e. The third-order valence-corrected chi connectivity index (χ3v) is 5.93. The van der Waals surface area contributed by atoms with Crippen molar-refractivity contribution in [2.24, 2.45) is 0 Å². The molecule has 0 bridgehead atoms. The summed E-state index contributed by atoms with van der Waals surface area (Å²) in [6, 6.07) is 8.74. The van der Waals surface area contributed by atoms with Crippen molar-refractivity contribution in [1.29, 1.82) is 0 Å². The summed E-state index contributed by atoms with van der Waals surface area (Å²) in [6.07, 6.45) is 1.34. The number of hydrogen-bond donors (Lipinski definition) is 2. The van der Waals surface area contributed by atoms with Gasteiger partial charge in [-0.1, -0.05) is 29.5 Å². The van der Waals surface area contributed by atoms with Gasteiger partial charge in [0.25, 0.3) is 5.91 Å². The van der Waals surface area contributed by atoms with Gasteiger partial charge in [-0.3, -0.25) is 10.1 Å². The van der Waals surface area contributed by atoms with Crippen LogP contribution in [0.1, 0.15) is 28.2 Å². The van der Waals surface area contributed by atoms with E-state index in [-0.39, 0.29) is 5.91 Å². The zero-order valence-electron chi connectivity index (χ0n) is 15.6. The predicted molar refractivity (Wildman–Crippen MR) is 106 cm³/mol. The van der Waals surface area contributed by atoms with Crippen LogP contribution >= 0.6 is 11.3 Å². The maximum atomic E-state index is 12.9. The van der Waals surface area contributed by atoms with E-state index in [1.54, 1.807) is 24.0 Å². The molecule has 8 nitrogen and oxygen atoms in total. The van der Waals surface area contributed by atoms with E-state index >= 15 is 0 Å². The number of hydrogen-bond acceptors (Lipinski definition) is 6. The zero-order valence-corrected chi connectivity index (χ0v) is 16.4. The fourth-order valence-corrected chi connectivity index (χ4v) is 4.34. The highest BCUT2D eigenvalue weighted by atomic mass is 32.1. The molecule has 4 rings (SSSR count). The lowest BCUT2D eigenvalue weighted by molar-refractivity contribution is -0.181. The summed E-state index contributed by atoms with van der Waals surface area (Å²) in [6.45, 7) is 4.16. The molecule has 148 valence electrons. The molecule has 0 atom stereocenters. The van der Waals surface area contributed by atoms with Crippen molar-refractivity contribution in [2.75, 3.05) is 36.9 Å². The van der Waals surface area contributed by atoms with Gasteiger partial charge in [-0.25, -0.2) is 9.78 Å². The van der Waals surface area contributed by atoms with Gasteiger partial charge in [0.2, 0.25) is 0 Å². The lowest BCUT2D eigenvalue weighted by atomic mass is 10.0.